The number of hydrogen-bond acceptors (Lipinski definition) is 5. The monoisotopic (exact) mass is 461 g/mol. The number of hydrogen-bond donors (Lipinski definition) is 1. The molecule has 0 radical (unpaired) electrons. The summed E-state index contributed by atoms with van der Waals surface area (Å²) in [7, 11) is 0. The molecule has 3 aromatic rings. The standard InChI is InChI=1S/C25H27N5O2S/c1-3-18(2)27-25(32)22-16-33-17-29(22)23(31)12-11-20-15-30(21-9-5-4-6-10-21)28-24(20)19-8-7-13-26-14-19/h4-15,18,22H,3,16-17H2,1-2H3,(H,27,32). The van der Waals surface area contributed by atoms with Crippen LogP contribution in [0.3, 0.4) is 0 Å². The Bertz CT molecular complexity index is 1130. The van der Waals surface area contributed by atoms with Gasteiger partial charge in [0.15, 0.2) is 0 Å². The molecule has 8 heteroatoms. The summed E-state index contributed by atoms with van der Waals surface area (Å²) in [4.78, 5) is 31.5. The lowest BCUT2D eigenvalue weighted by Crippen LogP contribution is -2.48. The maximum absolute atomic E-state index is 13.0. The first-order chi connectivity index (χ1) is 16.1. The molecule has 1 N–H and O–H groups in total. The van der Waals surface area contributed by atoms with Crippen molar-refractivity contribution >= 4 is 29.7 Å². The summed E-state index contributed by atoms with van der Waals surface area (Å²) in [5.74, 6) is 0.827. The van der Waals surface area contributed by atoms with Gasteiger partial charge < -0.3 is 10.2 Å². The van der Waals surface area contributed by atoms with Gasteiger partial charge in [-0.1, -0.05) is 25.1 Å². The lowest BCUT2D eigenvalue weighted by molar-refractivity contribution is -0.135. The number of carbonyl (C=O) groups is 2. The SMILES string of the molecule is CCC(C)NC(=O)C1CSCN1C(=O)C=Cc1cn(-c2ccccc2)nc1-c1cccnc1. The highest BCUT2D eigenvalue weighted by Crippen LogP contribution is 2.25. The van der Waals surface area contributed by atoms with E-state index in [1.807, 2.05) is 62.5 Å². The van der Waals surface area contributed by atoms with Gasteiger partial charge in [-0.05, 0) is 43.7 Å². The molecular weight excluding hydrogens is 434 g/mol. The van der Waals surface area contributed by atoms with Crippen LogP contribution in [0.2, 0.25) is 0 Å². The molecule has 170 valence electrons. The smallest absolute Gasteiger partial charge is 0.247 e. The maximum atomic E-state index is 13.0. The summed E-state index contributed by atoms with van der Waals surface area (Å²) in [5.41, 5.74) is 3.32. The molecule has 0 saturated carbocycles. The zero-order valence-corrected chi connectivity index (χ0v) is 19.5. The Morgan fingerprint density at radius 2 is 2.06 bits per heavy atom. The Kier molecular flexibility index (Phi) is 7.24. The lowest BCUT2D eigenvalue weighted by atomic mass is 10.1. The van der Waals surface area contributed by atoms with Crippen LogP contribution in [0, 0.1) is 0 Å². The van der Waals surface area contributed by atoms with Gasteiger partial charge in [0.1, 0.15) is 11.7 Å². The van der Waals surface area contributed by atoms with Gasteiger partial charge in [-0.3, -0.25) is 14.6 Å². The molecule has 3 heterocycles. The quantitative estimate of drug-likeness (QED) is 0.542. The maximum Gasteiger partial charge on any atom is 0.247 e. The fraction of sp³-hybridized carbons (Fsp3) is 0.280. The van der Waals surface area contributed by atoms with Crippen LogP contribution in [-0.2, 0) is 9.59 Å². The first kappa shape index (κ1) is 22.8. The summed E-state index contributed by atoms with van der Waals surface area (Å²) < 4.78 is 1.79. The van der Waals surface area contributed by atoms with Crippen LogP contribution in [0.15, 0.2) is 67.1 Å². The number of aromatic nitrogens is 3. The molecule has 2 unspecified atom stereocenters. The molecule has 7 nitrogen and oxygen atoms in total. The van der Waals surface area contributed by atoms with Gasteiger partial charge in [0.05, 0.1) is 11.6 Å². The Labute approximate surface area is 197 Å². The van der Waals surface area contributed by atoms with E-state index >= 15 is 0 Å². The molecule has 2 amide bonds. The van der Waals surface area contributed by atoms with E-state index in [0.29, 0.717) is 11.6 Å². The minimum atomic E-state index is -0.453. The van der Waals surface area contributed by atoms with Crippen molar-refractivity contribution in [3.8, 4) is 16.9 Å². The third-order valence-corrected chi connectivity index (χ3v) is 6.58. The van der Waals surface area contributed by atoms with E-state index in [1.165, 1.54) is 6.08 Å². The number of carbonyl (C=O) groups excluding carboxylic acids is 2. The largest absolute Gasteiger partial charge is 0.352 e. The third-order valence-electron chi connectivity index (χ3n) is 5.57. The third kappa shape index (κ3) is 5.34. The van der Waals surface area contributed by atoms with Gasteiger partial charge >= 0.3 is 0 Å². The van der Waals surface area contributed by atoms with Crippen LogP contribution in [0.25, 0.3) is 23.0 Å². The highest BCUT2D eigenvalue weighted by Gasteiger charge is 2.34. The van der Waals surface area contributed by atoms with E-state index in [0.717, 1.165) is 28.9 Å². The molecule has 1 aliphatic heterocycles. The van der Waals surface area contributed by atoms with Crippen LogP contribution in [0.4, 0.5) is 0 Å². The van der Waals surface area contributed by atoms with Gasteiger partial charge in [-0.25, -0.2) is 4.68 Å². The number of nitrogens with zero attached hydrogens (tertiary/aromatic N) is 4. The highest BCUT2D eigenvalue weighted by atomic mass is 32.2. The van der Waals surface area contributed by atoms with Crippen LogP contribution in [0.5, 0.6) is 0 Å². The summed E-state index contributed by atoms with van der Waals surface area (Å²) in [5, 5.41) is 7.74. The second-order valence-corrected chi connectivity index (χ2v) is 8.93. The number of benzene rings is 1. The predicted octanol–water partition coefficient (Wildman–Crippen LogP) is 3.76. The summed E-state index contributed by atoms with van der Waals surface area (Å²) >= 11 is 1.59. The molecule has 1 aliphatic rings. The van der Waals surface area contributed by atoms with E-state index in [1.54, 1.807) is 39.8 Å². The number of pyridine rings is 1. The normalized spacial score (nSPS) is 16.8. The Balaban J connectivity index is 1.58. The molecule has 1 fully saturated rings. The minimum absolute atomic E-state index is 0.0847. The minimum Gasteiger partial charge on any atom is -0.352 e. The van der Waals surface area contributed by atoms with Gasteiger partial charge in [0.2, 0.25) is 11.8 Å². The molecule has 2 atom stereocenters. The van der Waals surface area contributed by atoms with Gasteiger partial charge in [-0.2, -0.15) is 5.10 Å². The predicted molar refractivity (Wildman–Crippen MR) is 132 cm³/mol. The average Bonchev–Trinajstić information content (AvgIpc) is 3.51. The van der Waals surface area contributed by atoms with Crippen molar-refractivity contribution < 1.29 is 9.59 Å². The number of nitrogens with one attached hydrogen (secondary N) is 1. The number of amides is 2. The first-order valence-corrected chi connectivity index (χ1v) is 12.1. The second kappa shape index (κ2) is 10.5. The van der Waals surface area contributed by atoms with Crippen molar-refractivity contribution in [3.63, 3.8) is 0 Å². The molecule has 1 aromatic carbocycles. The van der Waals surface area contributed by atoms with Crippen molar-refractivity contribution in [2.45, 2.75) is 32.4 Å². The number of para-hydroxylation sites is 1. The summed E-state index contributed by atoms with van der Waals surface area (Å²) in [6.45, 7) is 3.99. The lowest BCUT2D eigenvalue weighted by Gasteiger charge is -2.23. The van der Waals surface area contributed by atoms with Gasteiger partial charge in [-0.15, -0.1) is 11.8 Å². The molecule has 2 aromatic heterocycles. The Morgan fingerprint density at radius 1 is 1.24 bits per heavy atom. The van der Waals surface area contributed by atoms with Crippen LogP contribution < -0.4 is 5.32 Å². The molecule has 0 bridgehead atoms. The zero-order valence-electron chi connectivity index (χ0n) is 18.7. The van der Waals surface area contributed by atoms with Crippen molar-refractivity contribution in [1.29, 1.82) is 0 Å². The van der Waals surface area contributed by atoms with E-state index in [-0.39, 0.29) is 17.9 Å². The molecule has 0 spiro atoms. The van der Waals surface area contributed by atoms with Gasteiger partial charge in [0, 0.05) is 47.6 Å². The molecule has 4 rings (SSSR count). The van der Waals surface area contributed by atoms with Gasteiger partial charge in [0.25, 0.3) is 0 Å². The fourth-order valence-electron chi connectivity index (χ4n) is 3.52. The van der Waals surface area contributed by atoms with Crippen molar-refractivity contribution in [2.24, 2.45) is 0 Å². The van der Waals surface area contributed by atoms with Crippen LogP contribution in [0.1, 0.15) is 25.8 Å². The van der Waals surface area contributed by atoms with E-state index in [9.17, 15) is 9.59 Å². The zero-order chi connectivity index (χ0) is 23.2. The van der Waals surface area contributed by atoms with Crippen LogP contribution >= 0.6 is 11.8 Å². The number of rotatable bonds is 7. The summed E-state index contributed by atoms with van der Waals surface area (Å²) in [6, 6.07) is 13.2. The average molecular weight is 462 g/mol. The molecule has 33 heavy (non-hydrogen) atoms. The van der Waals surface area contributed by atoms with E-state index in [2.05, 4.69) is 10.3 Å². The van der Waals surface area contributed by atoms with Crippen molar-refractivity contribution in [3.05, 3.63) is 72.7 Å². The van der Waals surface area contributed by atoms with E-state index < -0.39 is 6.04 Å². The van der Waals surface area contributed by atoms with E-state index in [4.69, 9.17) is 5.10 Å². The molecule has 0 aliphatic carbocycles. The second-order valence-electron chi connectivity index (χ2n) is 7.93. The summed E-state index contributed by atoms with van der Waals surface area (Å²) in [6.07, 6.45) is 9.51. The van der Waals surface area contributed by atoms with Crippen LogP contribution in [-0.4, -0.2) is 55.2 Å². The van der Waals surface area contributed by atoms with Crippen molar-refractivity contribution in [1.82, 2.24) is 25.0 Å². The number of thioether (sulfide) groups is 1. The van der Waals surface area contributed by atoms with Crippen molar-refractivity contribution in [2.75, 3.05) is 11.6 Å². The Morgan fingerprint density at radius 3 is 2.79 bits per heavy atom. The molecule has 1 saturated heterocycles. The Hall–Kier alpha value is -3.39. The first-order valence-electron chi connectivity index (χ1n) is 11.0. The fourth-order valence-corrected chi connectivity index (χ4v) is 4.69. The topological polar surface area (TPSA) is 80.1 Å². The highest BCUT2D eigenvalue weighted by molar-refractivity contribution is 7.99. The molecular formula is C25H27N5O2S.